The van der Waals surface area contributed by atoms with E-state index in [2.05, 4.69) is 0 Å². The van der Waals surface area contributed by atoms with E-state index in [0.29, 0.717) is 25.1 Å². The predicted octanol–water partition coefficient (Wildman–Crippen LogP) is 2.18. The van der Waals surface area contributed by atoms with Gasteiger partial charge in [0.1, 0.15) is 0 Å². The Balaban J connectivity index is 3.17. The molecule has 0 amide bonds. The van der Waals surface area contributed by atoms with Gasteiger partial charge in [0, 0.05) is 19.7 Å². The lowest BCUT2D eigenvalue weighted by atomic mass is 10.1. The molecule has 0 saturated carbocycles. The molecule has 1 N–H and O–H groups in total. The van der Waals surface area contributed by atoms with Gasteiger partial charge >= 0.3 is 0 Å². The molecule has 2 atom stereocenters. The minimum atomic E-state index is -3.59. The Morgan fingerprint density at radius 2 is 2.00 bits per heavy atom. The van der Waals surface area contributed by atoms with Crippen molar-refractivity contribution in [3.05, 3.63) is 29.8 Å². The SMILES string of the molecule is CCC(O)c1cccc(S(=O)(=O)N(CC)C(C)COC)c1. The van der Waals surface area contributed by atoms with Crippen LogP contribution in [0.5, 0.6) is 0 Å². The molecule has 0 aliphatic carbocycles. The van der Waals surface area contributed by atoms with E-state index in [4.69, 9.17) is 4.74 Å². The van der Waals surface area contributed by atoms with E-state index >= 15 is 0 Å². The minimum absolute atomic E-state index is 0.206. The van der Waals surface area contributed by atoms with Crippen molar-refractivity contribution in [3.63, 3.8) is 0 Å². The number of ether oxygens (including phenoxy) is 1. The Kier molecular flexibility index (Phi) is 6.80. The number of hydrogen-bond acceptors (Lipinski definition) is 4. The highest BCUT2D eigenvalue weighted by atomic mass is 32.2. The van der Waals surface area contributed by atoms with Crippen molar-refractivity contribution in [2.75, 3.05) is 20.3 Å². The molecule has 21 heavy (non-hydrogen) atoms. The molecule has 6 heteroatoms. The molecule has 1 aromatic carbocycles. The first-order chi connectivity index (χ1) is 9.88. The Labute approximate surface area is 127 Å². The van der Waals surface area contributed by atoms with E-state index in [1.807, 2.05) is 13.8 Å². The van der Waals surface area contributed by atoms with Crippen molar-refractivity contribution in [1.82, 2.24) is 4.31 Å². The quantitative estimate of drug-likeness (QED) is 0.798. The zero-order valence-electron chi connectivity index (χ0n) is 13.1. The summed E-state index contributed by atoms with van der Waals surface area (Å²) in [6, 6.07) is 6.26. The zero-order chi connectivity index (χ0) is 16.0. The Bertz CT molecular complexity index is 544. The van der Waals surface area contributed by atoms with Crippen LogP contribution in [0.4, 0.5) is 0 Å². The van der Waals surface area contributed by atoms with Crippen LogP contribution < -0.4 is 0 Å². The van der Waals surface area contributed by atoms with E-state index in [-0.39, 0.29) is 10.9 Å². The molecule has 0 bridgehead atoms. The third kappa shape index (κ3) is 4.26. The Hall–Kier alpha value is -0.950. The van der Waals surface area contributed by atoms with Crippen molar-refractivity contribution >= 4 is 10.0 Å². The number of aliphatic hydroxyl groups excluding tert-OH is 1. The molecule has 1 aromatic rings. The Morgan fingerprint density at radius 3 is 2.52 bits per heavy atom. The molecule has 0 aliphatic rings. The van der Waals surface area contributed by atoms with Gasteiger partial charge in [0.2, 0.25) is 10.0 Å². The van der Waals surface area contributed by atoms with E-state index in [0.717, 1.165) is 0 Å². The predicted molar refractivity (Wildman–Crippen MR) is 82.6 cm³/mol. The third-order valence-electron chi connectivity index (χ3n) is 3.45. The molecule has 0 radical (unpaired) electrons. The maximum atomic E-state index is 12.7. The first-order valence-corrected chi connectivity index (χ1v) is 8.61. The third-order valence-corrected chi connectivity index (χ3v) is 5.53. The molecule has 120 valence electrons. The van der Waals surface area contributed by atoms with Gasteiger partial charge in [0.15, 0.2) is 0 Å². The maximum Gasteiger partial charge on any atom is 0.243 e. The lowest BCUT2D eigenvalue weighted by molar-refractivity contribution is 0.142. The van der Waals surface area contributed by atoms with Crippen LogP contribution in [-0.4, -0.2) is 44.1 Å². The van der Waals surface area contributed by atoms with Gasteiger partial charge in [0.05, 0.1) is 17.6 Å². The number of rotatable bonds is 8. The second-order valence-electron chi connectivity index (χ2n) is 5.01. The highest BCUT2D eigenvalue weighted by Crippen LogP contribution is 2.23. The lowest BCUT2D eigenvalue weighted by Gasteiger charge is -2.27. The molecular formula is C15H25NO4S. The summed E-state index contributed by atoms with van der Waals surface area (Å²) >= 11 is 0. The number of aliphatic hydroxyl groups is 1. The summed E-state index contributed by atoms with van der Waals surface area (Å²) in [6.07, 6.45) is -0.104. The van der Waals surface area contributed by atoms with Crippen molar-refractivity contribution in [1.29, 1.82) is 0 Å². The first kappa shape index (κ1) is 18.1. The summed E-state index contributed by atoms with van der Waals surface area (Å²) in [5.41, 5.74) is 0.619. The molecular weight excluding hydrogens is 290 g/mol. The summed E-state index contributed by atoms with van der Waals surface area (Å²) in [6.45, 7) is 6.17. The van der Waals surface area contributed by atoms with Crippen LogP contribution in [0.15, 0.2) is 29.2 Å². The van der Waals surface area contributed by atoms with Crippen molar-refractivity contribution in [3.8, 4) is 0 Å². The van der Waals surface area contributed by atoms with Crippen LogP contribution in [0.3, 0.4) is 0 Å². The van der Waals surface area contributed by atoms with Gasteiger partial charge in [-0.15, -0.1) is 0 Å². The number of nitrogens with zero attached hydrogens (tertiary/aromatic N) is 1. The van der Waals surface area contributed by atoms with Crippen molar-refractivity contribution in [2.45, 2.75) is 44.2 Å². The van der Waals surface area contributed by atoms with Gasteiger partial charge < -0.3 is 9.84 Å². The molecule has 0 aliphatic heterocycles. The number of benzene rings is 1. The summed E-state index contributed by atoms with van der Waals surface area (Å²) < 4.78 is 31.9. The molecule has 0 aromatic heterocycles. The zero-order valence-corrected chi connectivity index (χ0v) is 13.9. The van der Waals surface area contributed by atoms with Crippen LogP contribution >= 0.6 is 0 Å². The molecule has 2 unspecified atom stereocenters. The highest BCUT2D eigenvalue weighted by molar-refractivity contribution is 7.89. The number of likely N-dealkylation sites (N-methyl/N-ethyl adjacent to an activating group) is 1. The summed E-state index contributed by atoms with van der Waals surface area (Å²) in [5, 5.41) is 9.88. The fourth-order valence-corrected chi connectivity index (χ4v) is 3.98. The van der Waals surface area contributed by atoms with E-state index in [1.54, 1.807) is 38.3 Å². The van der Waals surface area contributed by atoms with E-state index in [1.165, 1.54) is 4.31 Å². The van der Waals surface area contributed by atoms with Crippen LogP contribution in [0, 0.1) is 0 Å². The topological polar surface area (TPSA) is 66.8 Å². The molecule has 0 saturated heterocycles. The molecule has 1 rings (SSSR count). The number of methoxy groups -OCH3 is 1. The van der Waals surface area contributed by atoms with Gasteiger partial charge in [-0.2, -0.15) is 4.31 Å². The average Bonchev–Trinajstić information content (AvgIpc) is 2.47. The highest BCUT2D eigenvalue weighted by Gasteiger charge is 2.28. The largest absolute Gasteiger partial charge is 0.388 e. The average molecular weight is 315 g/mol. The van der Waals surface area contributed by atoms with Crippen molar-refractivity contribution < 1.29 is 18.3 Å². The van der Waals surface area contributed by atoms with Gasteiger partial charge in [-0.1, -0.05) is 26.0 Å². The van der Waals surface area contributed by atoms with Crippen LogP contribution in [0.25, 0.3) is 0 Å². The van der Waals surface area contributed by atoms with Crippen LogP contribution in [0.1, 0.15) is 38.9 Å². The second-order valence-corrected chi connectivity index (χ2v) is 6.90. The van der Waals surface area contributed by atoms with Crippen LogP contribution in [0.2, 0.25) is 0 Å². The standard InChI is InChI=1S/C15H25NO4S/c1-5-15(17)13-8-7-9-14(10-13)21(18,19)16(6-2)12(3)11-20-4/h7-10,12,15,17H,5-6,11H2,1-4H3. The van der Waals surface area contributed by atoms with Gasteiger partial charge in [-0.25, -0.2) is 8.42 Å². The van der Waals surface area contributed by atoms with Gasteiger partial charge in [-0.3, -0.25) is 0 Å². The number of sulfonamides is 1. The smallest absolute Gasteiger partial charge is 0.243 e. The molecule has 5 nitrogen and oxygen atoms in total. The second kappa shape index (κ2) is 7.89. The van der Waals surface area contributed by atoms with E-state index < -0.39 is 16.1 Å². The number of hydrogen-bond donors (Lipinski definition) is 1. The van der Waals surface area contributed by atoms with Gasteiger partial charge in [0.25, 0.3) is 0 Å². The fraction of sp³-hybridized carbons (Fsp3) is 0.600. The van der Waals surface area contributed by atoms with Gasteiger partial charge in [-0.05, 0) is 31.0 Å². The maximum absolute atomic E-state index is 12.7. The lowest BCUT2D eigenvalue weighted by Crippen LogP contribution is -2.40. The fourth-order valence-electron chi connectivity index (χ4n) is 2.30. The first-order valence-electron chi connectivity index (χ1n) is 7.17. The summed E-state index contributed by atoms with van der Waals surface area (Å²) in [5.74, 6) is 0. The van der Waals surface area contributed by atoms with E-state index in [9.17, 15) is 13.5 Å². The summed E-state index contributed by atoms with van der Waals surface area (Å²) in [4.78, 5) is 0.206. The minimum Gasteiger partial charge on any atom is -0.388 e. The normalized spacial score (nSPS) is 15.1. The summed E-state index contributed by atoms with van der Waals surface area (Å²) in [7, 11) is -2.04. The Morgan fingerprint density at radius 1 is 1.33 bits per heavy atom. The van der Waals surface area contributed by atoms with Crippen molar-refractivity contribution in [2.24, 2.45) is 0 Å². The monoisotopic (exact) mass is 315 g/mol. The van der Waals surface area contributed by atoms with Crippen LogP contribution in [-0.2, 0) is 14.8 Å². The molecule has 0 fully saturated rings. The molecule has 0 heterocycles. The molecule has 0 spiro atoms.